The van der Waals surface area contributed by atoms with Gasteiger partial charge in [-0.25, -0.2) is 0 Å². The molecule has 1 aromatic heterocycles. The Morgan fingerprint density at radius 3 is 2.88 bits per heavy atom. The molecule has 0 fully saturated rings. The highest BCUT2D eigenvalue weighted by atomic mass is 79.9. The lowest BCUT2D eigenvalue weighted by Gasteiger charge is -2.04. The van der Waals surface area contributed by atoms with Gasteiger partial charge in [0.25, 0.3) is 5.91 Å². The Morgan fingerprint density at radius 1 is 1.53 bits per heavy atom. The van der Waals surface area contributed by atoms with E-state index in [0.29, 0.717) is 20.7 Å². The van der Waals surface area contributed by atoms with Gasteiger partial charge in [0, 0.05) is 15.7 Å². The van der Waals surface area contributed by atoms with E-state index in [4.69, 9.17) is 16.1 Å². The molecule has 2 aromatic rings. The van der Waals surface area contributed by atoms with Crippen LogP contribution < -0.4 is 5.32 Å². The average Bonchev–Trinajstić information content (AvgIpc) is 2.70. The number of nitrogens with one attached hydrogen (secondary N) is 1. The van der Waals surface area contributed by atoms with Crippen LogP contribution in [0.1, 0.15) is 16.1 Å². The number of aryl methyl sites for hydroxylation is 1. The Labute approximate surface area is 111 Å². The first-order valence-electron chi connectivity index (χ1n) is 4.75. The summed E-state index contributed by atoms with van der Waals surface area (Å²) in [4.78, 5) is 11.8. The predicted octanol–water partition coefficient (Wildman–Crippen LogP) is 3.65. The molecule has 1 amide bonds. The smallest absolute Gasteiger partial charge is 0.294 e. The number of anilines is 1. The van der Waals surface area contributed by atoms with Crippen molar-refractivity contribution in [3.8, 4) is 0 Å². The van der Waals surface area contributed by atoms with Crippen molar-refractivity contribution in [2.24, 2.45) is 0 Å². The van der Waals surface area contributed by atoms with Gasteiger partial charge >= 0.3 is 0 Å². The summed E-state index contributed by atoms with van der Waals surface area (Å²) in [5, 5.41) is 6.82. The zero-order chi connectivity index (χ0) is 12.4. The number of hydrogen-bond acceptors (Lipinski definition) is 3. The van der Waals surface area contributed by atoms with Crippen LogP contribution >= 0.6 is 27.5 Å². The Hall–Kier alpha value is -1.33. The largest absolute Gasteiger partial charge is 0.351 e. The third-order valence-electron chi connectivity index (χ3n) is 2.13. The maximum Gasteiger partial charge on any atom is 0.294 e. The molecule has 0 spiro atoms. The molecular formula is C11H8BrClN2O2. The van der Waals surface area contributed by atoms with Crippen molar-refractivity contribution in [2.45, 2.75) is 6.92 Å². The Kier molecular flexibility index (Phi) is 3.49. The third-order valence-corrected chi connectivity index (χ3v) is 3.35. The second-order valence-electron chi connectivity index (χ2n) is 3.42. The molecule has 6 heteroatoms. The van der Waals surface area contributed by atoms with E-state index in [0.717, 1.165) is 0 Å². The van der Waals surface area contributed by atoms with Crippen LogP contribution in [-0.2, 0) is 0 Å². The lowest BCUT2D eigenvalue weighted by molar-refractivity contribution is 0.0987. The highest BCUT2D eigenvalue weighted by Gasteiger charge is 2.14. The van der Waals surface area contributed by atoms with Crippen LogP contribution in [0.4, 0.5) is 5.69 Å². The number of amides is 1. The van der Waals surface area contributed by atoms with Gasteiger partial charge in [-0.2, -0.15) is 0 Å². The number of nitrogens with zero attached hydrogens (tertiary/aromatic N) is 1. The minimum Gasteiger partial charge on any atom is -0.351 e. The minimum absolute atomic E-state index is 0.205. The number of aromatic nitrogens is 1. The molecule has 0 bridgehead atoms. The Balaban J connectivity index is 2.19. The molecule has 4 nitrogen and oxygen atoms in total. The fourth-order valence-corrected chi connectivity index (χ4v) is 1.77. The fraction of sp³-hybridized carbons (Fsp3) is 0.0909. The SMILES string of the molecule is Cc1cnoc1C(=O)Nc1ccc(Cl)c(Br)c1. The van der Waals surface area contributed by atoms with E-state index < -0.39 is 0 Å². The van der Waals surface area contributed by atoms with Crippen molar-refractivity contribution in [1.82, 2.24) is 5.16 Å². The first-order valence-corrected chi connectivity index (χ1v) is 5.92. The summed E-state index contributed by atoms with van der Waals surface area (Å²) in [5.74, 6) is -0.134. The molecule has 2 rings (SSSR count). The second-order valence-corrected chi connectivity index (χ2v) is 4.68. The summed E-state index contributed by atoms with van der Waals surface area (Å²) in [6.45, 7) is 1.75. The molecule has 0 radical (unpaired) electrons. The number of benzene rings is 1. The number of rotatable bonds is 2. The van der Waals surface area contributed by atoms with E-state index in [1.807, 2.05) is 0 Å². The zero-order valence-electron chi connectivity index (χ0n) is 8.83. The van der Waals surface area contributed by atoms with Crippen molar-refractivity contribution in [1.29, 1.82) is 0 Å². The fourth-order valence-electron chi connectivity index (χ4n) is 1.27. The lowest BCUT2D eigenvalue weighted by atomic mass is 10.2. The Morgan fingerprint density at radius 2 is 2.29 bits per heavy atom. The van der Waals surface area contributed by atoms with Crippen LogP contribution in [0.5, 0.6) is 0 Å². The van der Waals surface area contributed by atoms with Crippen molar-refractivity contribution in [2.75, 3.05) is 5.32 Å². The monoisotopic (exact) mass is 314 g/mol. The van der Waals surface area contributed by atoms with E-state index in [2.05, 4.69) is 26.4 Å². The van der Waals surface area contributed by atoms with E-state index >= 15 is 0 Å². The summed E-state index contributed by atoms with van der Waals surface area (Å²) >= 11 is 9.13. The van der Waals surface area contributed by atoms with Gasteiger partial charge in [0.2, 0.25) is 5.76 Å². The number of halogens is 2. The van der Waals surface area contributed by atoms with E-state index in [1.165, 1.54) is 6.20 Å². The van der Waals surface area contributed by atoms with Crippen molar-refractivity contribution < 1.29 is 9.32 Å². The van der Waals surface area contributed by atoms with Crippen LogP contribution in [0.15, 0.2) is 33.4 Å². The summed E-state index contributed by atoms with van der Waals surface area (Å²) in [6, 6.07) is 5.11. The maximum atomic E-state index is 11.8. The number of carbonyl (C=O) groups excluding carboxylic acids is 1. The van der Waals surface area contributed by atoms with E-state index in [1.54, 1.807) is 25.1 Å². The quantitative estimate of drug-likeness (QED) is 0.920. The normalized spacial score (nSPS) is 10.3. The van der Waals surface area contributed by atoms with Crippen molar-refractivity contribution >= 4 is 39.1 Å². The third kappa shape index (κ3) is 2.68. The van der Waals surface area contributed by atoms with Gasteiger partial charge in [0.1, 0.15) is 0 Å². The molecule has 0 saturated carbocycles. The second kappa shape index (κ2) is 4.89. The van der Waals surface area contributed by atoms with Gasteiger partial charge in [0.15, 0.2) is 0 Å². The summed E-state index contributed by atoms with van der Waals surface area (Å²) in [6.07, 6.45) is 1.49. The summed E-state index contributed by atoms with van der Waals surface area (Å²) in [7, 11) is 0. The van der Waals surface area contributed by atoms with Gasteiger partial charge in [-0.15, -0.1) is 0 Å². The molecule has 0 saturated heterocycles. The highest BCUT2D eigenvalue weighted by molar-refractivity contribution is 9.10. The van der Waals surface area contributed by atoms with Gasteiger partial charge in [0.05, 0.1) is 11.2 Å². The van der Waals surface area contributed by atoms with E-state index in [9.17, 15) is 4.79 Å². The summed E-state index contributed by atoms with van der Waals surface area (Å²) < 4.78 is 5.57. The molecule has 0 unspecified atom stereocenters. The molecule has 0 aliphatic rings. The standard InChI is InChI=1S/C11H8BrClN2O2/c1-6-5-14-17-10(6)11(16)15-7-2-3-9(13)8(12)4-7/h2-5H,1H3,(H,15,16). The molecule has 1 heterocycles. The maximum absolute atomic E-state index is 11.8. The zero-order valence-corrected chi connectivity index (χ0v) is 11.2. The van der Waals surface area contributed by atoms with Gasteiger partial charge in [-0.1, -0.05) is 16.8 Å². The van der Waals surface area contributed by atoms with Crippen LogP contribution in [-0.4, -0.2) is 11.1 Å². The van der Waals surface area contributed by atoms with Crippen LogP contribution in [0.25, 0.3) is 0 Å². The number of hydrogen-bond donors (Lipinski definition) is 1. The van der Waals surface area contributed by atoms with Crippen LogP contribution in [0.3, 0.4) is 0 Å². The van der Waals surface area contributed by atoms with Gasteiger partial charge < -0.3 is 9.84 Å². The lowest BCUT2D eigenvalue weighted by Crippen LogP contribution is -2.12. The molecule has 1 N–H and O–H groups in total. The minimum atomic E-state index is -0.339. The van der Waals surface area contributed by atoms with Gasteiger partial charge in [-0.05, 0) is 41.1 Å². The topological polar surface area (TPSA) is 55.1 Å². The first kappa shape index (κ1) is 12.1. The first-order chi connectivity index (χ1) is 8.08. The Bertz CT molecular complexity index is 568. The summed E-state index contributed by atoms with van der Waals surface area (Å²) in [5.41, 5.74) is 1.32. The van der Waals surface area contributed by atoms with Crippen molar-refractivity contribution in [3.05, 3.63) is 45.2 Å². The van der Waals surface area contributed by atoms with Gasteiger partial charge in [-0.3, -0.25) is 4.79 Å². The highest BCUT2D eigenvalue weighted by Crippen LogP contribution is 2.25. The predicted molar refractivity (Wildman–Crippen MR) is 68.3 cm³/mol. The van der Waals surface area contributed by atoms with E-state index in [-0.39, 0.29) is 11.7 Å². The molecule has 17 heavy (non-hydrogen) atoms. The van der Waals surface area contributed by atoms with Crippen molar-refractivity contribution in [3.63, 3.8) is 0 Å². The molecule has 0 atom stereocenters. The molecule has 88 valence electrons. The molecule has 0 aliphatic heterocycles. The molecular weight excluding hydrogens is 307 g/mol. The van der Waals surface area contributed by atoms with Crippen LogP contribution in [0.2, 0.25) is 5.02 Å². The van der Waals surface area contributed by atoms with Crippen LogP contribution in [0, 0.1) is 6.92 Å². The average molecular weight is 316 g/mol. The molecule has 1 aromatic carbocycles. The number of carbonyl (C=O) groups is 1. The molecule has 0 aliphatic carbocycles.